The fourth-order valence-corrected chi connectivity index (χ4v) is 4.19. The van der Waals surface area contributed by atoms with Gasteiger partial charge in [0, 0.05) is 38.6 Å². The Bertz CT molecular complexity index is 633. The summed E-state index contributed by atoms with van der Waals surface area (Å²) in [4.78, 5) is 17.9. The predicted octanol–water partition coefficient (Wildman–Crippen LogP) is 0.0811. The third-order valence-electron chi connectivity index (χ3n) is 3.73. The van der Waals surface area contributed by atoms with Crippen molar-refractivity contribution in [2.24, 2.45) is 0 Å². The number of methoxy groups -OCH3 is 1. The maximum Gasteiger partial charge on any atom is 0.270 e. The molecule has 1 fully saturated rings. The van der Waals surface area contributed by atoms with Gasteiger partial charge in [-0.25, -0.2) is 8.42 Å². The largest absolute Gasteiger partial charge is 0.383 e. The minimum atomic E-state index is -2.94. The van der Waals surface area contributed by atoms with Gasteiger partial charge >= 0.3 is 0 Å². The third-order valence-corrected chi connectivity index (χ3v) is 5.48. The van der Waals surface area contributed by atoms with Crippen molar-refractivity contribution in [3.63, 3.8) is 0 Å². The van der Waals surface area contributed by atoms with Gasteiger partial charge in [-0.2, -0.15) is 0 Å². The number of aromatic nitrogens is 1. The molecule has 2 rings (SSSR count). The zero-order chi connectivity index (χ0) is 16.2. The highest BCUT2D eigenvalue weighted by atomic mass is 32.2. The van der Waals surface area contributed by atoms with Gasteiger partial charge in [-0.05, 0) is 18.6 Å². The third kappa shape index (κ3) is 4.17. The first kappa shape index (κ1) is 16.7. The molecular weight excluding hydrogens is 306 g/mol. The molecule has 0 spiro atoms. The summed E-state index contributed by atoms with van der Waals surface area (Å²) in [7, 11) is 0.465. The van der Waals surface area contributed by atoms with Crippen molar-refractivity contribution in [2.75, 3.05) is 43.7 Å². The van der Waals surface area contributed by atoms with E-state index in [0.717, 1.165) is 5.69 Å². The number of sulfone groups is 1. The zero-order valence-corrected chi connectivity index (χ0v) is 13.6. The molecule has 2 heterocycles. The summed E-state index contributed by atoms with van der Waals surface area (Å²) in [6.45, 7) is 0.850. The van der Waals surface area contributed by atoms with E-state index >= 15 is 0 Å². The number of rotatable bonds is 6. The molecule has 1 aromatic heterocycles. The lowest BCUT2D eigenvalue weighted by molar-refractivity contribution is 0.0932. The lowest BCUT2D eigenvalue weighted by Gasteiger charge is -2.25. The van der Waals surface area contributed by atoms with Crippen LogP contribution in [0.25, 0.3) is 0 Å². The summed E-state index contributed by atoms with van der Waals surface area (Å²) in [5.74, 6) is 0.102. The quantitative estimate of drug-likeness (QED) is 0.745. The molecule has 0 aliphatic carbocycles. The summed E-state index contributed by atoms with van der Waals surface area (Å²) in [6, 6.07) is 3.39. The maximum atomic E-state index is 12.0. The van der Waals surface area contributed by atoms with E-state index in [4.69, 9.17) is 4.74 Å². The van der Waals surface area contributed by atoms with Crippen molar-refractivity contribution in [2.45, 2.75) is 12.5 Å². The van der Waals surface area contributed by atoms with Crippen LogP contribution in [0.4, 0.5) is 5.69 Å². The second-order valence-corrected chi connectivity index (χ2v) is 7.54. The van der Waals surface area contributed by atoms with E-state index in [9.17, 15) is 13.2 Å². The van der Waals surface area contributed by atoms with Gasteiger partial charge in [-0.15, -0.1) is 0 Å². The van der Waals surface area contributed by atoms with E-state index in [0.29, 0.717) is 25.3 Å². The summed E-state index contributed by atoms with van der Waals surface area (Å²) in [5.41, 5.74) is 1.09. The van der Waals surface area contributed by atoms with Crippen LogP contribution in [0.2, 0.25) is 0 Å². The number of ether oxygens (including phenoxy) is 1. The number of amides is 1. The van der Waals surface area contributed by atoms with Crippen molar-refractivity contribution in [3.05, 3.63) is 24.0 Å². The predicted molar refractivity (Wildman–Crippen MR) is 83.9 cm³/mol. The summed E-state index contributed by atoms with van der Waals surface area (Å²) in [5, 5.41) is 2.71. The van der Waals surface area contributed by atoms with Gasteiger partial charge < -0.3 is 15.0 Å². The average molecular weight is 327 g/mol. The fraction of sp³-hybridized carbons (Fsp3) is 0.571. The van der Waals surface area contributed by atoms with Crippen LogP contribution in [-0.2, 0) is 14.6 Å². The second kappa shape index (κ2) is 7.06. The monoisotopic (exact) mass is 327 g/mol. The summed E-state index contributed by atoms with van der Waals surface area (Å²) >= 11 is 0. The molecule has 1 N–H and O–H groups in total. The topological polar surface area (TPSA) is 88.6 Å². The molecule has 7 nitrogen and oxygen atoms in total. The number of carbonyl (C=O) groups excluding carboxylic acids is 1. The standard InChI is InChI=1S/C14H21N3O4S/c1-17(12-4-8-22(19,20)10-12)11-3-5-15-13(9-11)14(18)16-6-7-21-2/h3,5,9,12H,4,6-8,10H2,1-2H3,(H,16,18). The van der Waals surface area contributed by atoms with Gasteiger partial charge in [0.2, 0.25) is 0 Å². The minimum absolute atomic E-state index is 0.0585. The molecule has 0 saturated carbocycles. The average Bonchev–Trinajstić information content (AvgIpc) is 2.87. The van der Waals surface area contributed by atoms with Crippen molar-refractivity contribution < 1.29 is 17.9 Å². The molecule has 8 heteroatoms. The Morgan fingerprint density at radius 3 is 2.95 bits per heavy atom. The Labute approximate surface area is 130 Å². The molecule has 1 saturated heterocycles. The van der Waals surface area contributed by atoms with Crippen LogP contribution in [0.3, 0.4) is 0 Å². The minimum Gasteiger partial charge on any atom is -0.383 e. The van der Waals surface area contributed by atoms with Crippen molar-refractivity contribution in [1.29, 1.82) is 0 Å². The SMILES string of the molecule is COCCNC(=O)c1cc(N(C)C2CCS(=O)(=O)C2)ccn1. The first-order chi connectivity index (χ1) is 10.4. The number of nitrogens with one attached hydrogen (secondary N) is 1. The number of hydrogen-bond acceptors (Lipinski definition) is 6. The van der Waals surface area contributed by atoms with E-state index in [1.807, 2.05) is 11.9 Å². The van der Waals surface area contributed by atoms with Crippen LogP contribution in [0.1, 0.15) is 16.9 Å². The smallest absolute Gasteiger partial charge is 0.270 e. The van der Waals surface area contributed by atoms with Gasteiger partial charge in [-0.1, -0.05) is 0 Å². The molecule has 0 aromatic carbocycles. The van der Waals surface area contributed by atoms with Crippen molar-refractivity contribution in [3.8, 4) is 0 Å². The Hall–Kier alpha value is -1.67. The van der Waals surface area contributed by atoms with Crippen LogP contribution in [-0.4, -0.2) is 64.2 Å². The van der Waals surface area contributed by atoms with Crippen LogP contribution >= 0.6 is 0 Å². The van der Waals surface area contributed by atoms with Gasteiger partial charge in [-0.3, -0.25) is 9.78 Å². The molecule has 1 aromatic rings. The lowest BCUT2D eigenvalue weighted by atomic mass is 10.2. The molecule has 1 aliphatic rings. The molecule has 0 radical (unpaired) electrons. The number of hydrogen-bond donors (Lipinski definition) is 1. The number of carbonyl (C=O) groups is 1. The van der Waals surface area contributed by atoms with Crippen molar-refractivity contribution >= 4 is 21.4 Å². The van der Waals surface area contributed by atoms with Crippen molar-refractivity contribution in [1.82, 2.24) is 10.3 Å². The molecule has 1 atom stereocenters. The molecule has 122 valence electrons. The highest BCUT2D eigenvalue weighted by molar-refractivity contribution is 7.91. The normalized spacial score (nSPS) is 19.8. The second-order valence-electron chi connectivity index (χ2n) is 5.32. The zero-order valence-electron chi connectivity index (χ0n) is 12.8. The van der Waals surface area contributed by atoms with Gasteiger partial charge in [0.05, 0.1) is 18.1 Å². The first-order valence-corrected chi connectivity index (χ1v) is 8.91. The summed E-state index contributed by atoms with van der Waals surface area (Å²) < 4.78 is 28.0. The van der Waals surface area contributed by atoms with Crippen LogP contribution in [0.15, 0.2) is 18.3 Å². The lowest BCUT2D eigenvalue weighted by Crippen LogP contribution is -2.33. The van der Waals surface area contributed by atoms with E-state index < -0.39 is 9.84 Å². The Balaban J connectivity index is 2.06. The maximum absolute atomic E-state index is 12.0. The number of nitrogens with zero attached hydrogens (tertiary/aromatic N) is 2. The van der Waals surface area contributed by atoms with Crippen LogP contribution in [0.5, 0.6) is 0 Å². The van der Waals surface area contributed by atoms with Gasteiger partial charge in [0.25, 0.3) is 5.91 Å². The first-order valence-electron chi connectivity index (χ1n) is 7.09. The molecule has 22 heavy (non-hydrogen) atoms. The van der Waals surface area contributed by atoms with Crippen LogP contribution in [0, 0.1) is 0 Å². The molecule has 1 amide bonds. The molecule has 1 aliphatic heterocycles. The van der Waals surface area contributed by atoms with Gasteiger partial charge in [0.15, 0.2) is 9.84 Å². The van der Waals surface area contributed by atoms with E-state index in [1.165, 1.54) is 0 Å². The Morgan fingerprint density at radius 2 is 2.32 bits per heavy atom. The number of anilines is 1. The number of pyridine rings is 1. The fourth-order valence-electron chi connectivity index (χ4n) is 2.41. The van der Waals surface area contributed by atoms with E-state index in [2.05, 4.69) is 10.3 Å². The Morgan fingerprint density at radius 1 is 1.55 bits per heavy atom. The van der Waals surface area contributed by atoms with Gasteiger partial charge in [0.1, 0.15) is 5.69 Å². The molecule has 0 bridgehead atoms. The highest BCUT2D eigenvalue weighted by Gasteiger charge is 2.31. The van der Waals surface area contributed by atoms with E-state index in [-0.39, 0.29) is 23.5 Å². The Kier molecular flexibility index (Phi) is 5.36. The molecule has 1 unspecified atom stereocenters. The highest BCUT2D eigenvalue weighted by Crippen LogP contribution is 2.22. The van der Waals surface area contributed by atoms with Crippen LogP contribution < -0.4 is 10.2 Å². The van der Waals surface area contributed by atoms with E-state index in [1.54, 1.807) is 25.4 Å². The summed E-state index contributed by atoms with van der Waals surface area (Å²) in [6.07, 6.45) is 2.16. The molecular formula is C14H21N3O4S.